The molecule has 0 fully saturated rings. The van der Waals surface area contributed by atoms with Gasteiger partial charge in [-0.15, -0.1) is 11.3 Å². The summed E-state index contributed by atoms with van der Waals surface area (Å²) >= 11 is 1.60. The maximum atomic E-state index is 13.2. The molecule has 0 N–H and O–H groups in total. The van der Waals surface area contributed by atoms with Crippen LogP contribution in [0.3, 0.4) is 0 Å². The van der Waals surface area contributed by atoms with Crippen LogP contribution in [0, 0.1) is 11.3 Å². The normalized spacial score (nSPS) is 12.5. The van der Waals surface area contributed by atoms with Gasteiger partial charge >= 0.3 is 0 Å². The Morgan fingerprint density at radius 3 is 2.71 bits per heavy atom. The van der Waals surface area contributed by atoms with Crippen molar-refractivity contribution in [3.63, 3.8) is 0 Å². The van der Waals surface area contributed by atoms with Crippen LogP contribution in [0.5, 0.6) is 11.5 Å². The Hall–Kier alpha value is -3.37. The third kappa shape index (κ3) is 4.86. The highest BCUT2D eigenvalue weighted by molar-refractivity contribution is 7.15. The van der Waals surface area contributed by atoms with Crippen LogP contribution in [-0.2, 0) is 24.2 Å². The van der Waals surface area contributed by atoms with E-state index in [9.17, 15) is 4.79 Å². The standard InChI is InChI=1S/C24H23N3O3S/c1-29-21-13-18(14-25)11-12-20(21)30-16-23(28)27(15-17-7-3-2-4-8-17)24-26-19-9-5-6-10-22(19)31-24/h2-4,7-8,11-13H,5-6,9-10,15-16H2,1H3. The molecule has 0 spiro atoms. The second-order valence-corrected chi connectivity index (χ2v) is 8.37. The van der Waals surface area contributed by atoms with E-state index in [4.69, 9.17) is 19.7 Å². The zero-order valence-electron chi connectivity index (χ0n) is 17.3. The Kier molecular flexibility index (Phi) is 6.48. The van der Waals surface area contributed by atoms with Crippen molar-refractivity contribution in [2.75, 3.05) is 18.6 Å². The number of methoxy groups -OCH3 is 1. The summed E-state index contributed by atoms with van der Waals surface area (Å²) in [7, 11) is 1.51. The van der Waals surface area contributed by atoms with Crippen molar-refractivity contribution in [1.29, 1.82) is 5.26 Å². The molecule has 6 nitrogen and oxygen atoms in total. The van der Waals surface area contributed by atoms with E-state index >= 15 is 0 Å². The molecule has 1 amide bonds. The number of nitrogens with zero attached hydrogens (tertiary/aromatic N) is 3. The van der Waals surface area contributed by atoms with E-state index in [1.54, 1.807) is 34.4 Å². The molecule has 31 heavy (non-hydrogen) atoms. The first-order valence-electron chi connectivity index (χ1n) is 10.2. The number of amides is 1. The summed E-state index contributed by atoms with van der Waals surface area (Å²) in [6.45, 7) is 0.277. The Morgan fingerprint density at radius 1 is 1.16 bits per heavy atom. The molecule has 1 aliphatic rings. The molecule has 0 atom stereocenters. The maximum absolute atomic E-state index is 13.2. The van der Waals surface area contributed by atoms with Crippen molar-refractivity contribution in [3.05, 3.63) is 70.2 Å². The van der Waals surface area contributed by atoms with Gasteiger partial charge in [-0.05, 0) is 43.4 Å². The second-order valence-electron chi connectivity index (χ2n) is 7.31. The molecule has 0 bridgehead atoms. The summed E-state index contributed by atoms with van der Waals surface area (Å²) in [5, 5.41) is 9.78. The number of aryl methyl sites for hydroxylation is 2. The van der Waals surface area contributed by atoms with Crippen molar-refractivity contribution in [2.45, 2.75) is 32.2 Å². The topological polar surface area (TPSA) is 75.5 Å². The number of aromatic nitrogens is 1. The molecule has 4 rings (SSSR count). The molecule has 1 aliphatic carbocycles. The van der Waals surface area contributed by atoms with E-state index in [0.717, 1.165) is 35.7 Å². The molecule has 158 valence electrons. The van der Waals surface area contributed by atoms with Gasteiger partial charge in [0, 0.05) is 10.9 Å². The van der Waals surface area contributed by atoms with E-state index in [-0.39, 0.29) is 12.5 Å². The van der Waals surface area contributed by atoms with Gasteiger partial charge in [-0.3, -0.25) is 9.69 Å². The summed E-state index contributed by atoms with van der Waals surface area (Å²) in [6, 6.07) is 16.8. The third-order valence-corrected chi connectivity index (χ3v) is 6.37. The van der Waals surface area contributed by atoms with Crippen molar-refractivity contribution < 1.29 is 14.3 Å². The summed E-state index contributed by atoms with van der Waals surface area (Å²) in [5.41, 5.74) is 2.61. The van der Waals surface area contributed by atoms with Crippen LogP contribution in [0.25, 0.3) is 0 Å². The molecular formula is C24H23N3O3S. The Labute approximate surface area is 185 Å². The Morgan fingerprint density at radius 2 is 1.97 bits per heavy atom. The number of fused-ring (bicyclic) bond motifs is 1. The minimum atomic E-state index is -0.179. The van der Waals surface area contributed by atoms with Gasteiger partial charge in [-0.25, -0.2) is 4.98 Å². The van der Waals surface area contributed by atoms with Gasteiger partial charge in [-0.1, -0.05) is 30.3 Å². The van der Waals surface area contributed by atoms with Crippen molar-refractivity contribution in [1.82, 2.24) is 4.98 Å². The van der Waals surface area contributed by atoms with Gasteiger partial charge in [0.2, 0.25) is 0 Å². The molecule has 1 aromatic heterocycles. The minimum absolute atomic E-state index is 0.153. The molecule has 0 saturated carbocycles. The van der Waals surface area contributed by atoms with Crippen molar-refractivity contribution in [3.8, 4) is 17.6 Å². The first kappa shape index (κ1) is 20.9. The predicted octanol–water partition coefficient (Wildman–Crippen LogP) is 4.51. The summed E-state index contributed by atoms with van der Waals surface area (Å²) in [5.74, 6) is 0.667. The lowest BCUT2D eigenvalue weighted by Crippen LogP contribution is -2.34. The van der Waals surface area contributed by atoms with Crippen LogP contribution in [-0.4, -0.2) is 24.6 Å². The first-order valence-corrected chi connectivity index (χ1v) is 11.0. The van der Waals surface area contributed by atoms with E-state index in [1.165, 1.54) is 18.4 Å². The number of carbonyl (C=O) groups is 1. The highest BCUT2D eigenvalue weighted by atomic mass is 32.1. The number of carbonyl (C=O) groups excluding carboxylic acids is 1. The van der Waals surface area contributed by atoms with Crippen LogP contribution in [0.4, 0.5) is 5.13 Å². The number of hydrogen-bond donors (Lipinski definition) is 0. The number of anilines is 1. The summed E-state index contributed by atoms with van der Waals surface area (Å²) in [6.07, 6.45) is 4.31. The van der Waals surface area contributed by atoms with E-state index in [1.807, 2.05) is 30.3 Å². The van der Waals surface area contributed by atoms with Gasteiger partial charge < -0.3 is 9.47 Å². The zero-order valence-corrected chi connectivity index (χ0v) is 18.2. The van der Waals surface area contributed by atoms with Crippen LogP contribution < -0.4 is 14.4 Å². The highest BCUT2D eigenvalue weighted by Gasteiger charge is 2.24. The maximum Gasteiger partial charge on any atom is 0.267 e. The second kappa shape index (κ2) is 9.63. The SMILES string of the molecule is COc1cc(C#N)ccc1OCC(=O)N(Cc1ccccc1)c1nc2c(s1)CCCC2. The third-order valence-electron chi connectivity index (χ3n) is 5.19. The number of thiazole rings is 1. The average molecular weight is 434 g/mol. The molecule has 0 radical (unpaired) electrons. The number of nitriles is 1. The fraction of sp³-hybridized carbons (Fsp3) is 0.292. The summed E-state index contributed by atoms with van der Waals surface area (Å²) in [4.78, 5) is 21.0. The first-order chi connectivity index (χ1) is 15.2. The Balaban J connectivity index is 1.55. The number of benzene rings is 2. The molecule has 3 aromatic rings. The van der Waals surface area contributed by atoms with E-state index in [2.05, 4.69) is 6.07 Å². The van der Waals surface area contributed by atoms with E-state index in [0.29, 0.717) is 23.6 Å². The predicted molar refractivity (Wildman–Crippen MR) is 120 cm³/mol. The molecule has 7 heteroatoms. The summed E-state index contributed by atoms with van der Waals surface area (Å²) < 4.78 is 11.1. The lowest BCUT2D eigenvalue weighted by atomic mass is 10.0. The van der Waals surface area contributed by atoms with Gasteiger partial charge in [0.25, 0.3) is 5.91 Å². The van der Waals surface area contributed by atoms with Gasteiger partial charge in [0.15, 0.2) is 23.2 Å². The Bertz CT molecular complexity index is 1080. The van der Waals surface area contributed by atoms with Crippen LogP contribution in [0.15, 0.2) is 48.5 Å². The van der Waals surface area contributed by atoms with Crippen LogP contribution in [0.1, 0.15) is 34.5 Å². The fourth-order valence-electron chi connectivity index (χ4n) is 3.56. The number of ether oxygens (including phenoxy) is 2. The van der Waals surface area contributed by atoms with Gasteiger partial charge in [0.05, 0.1) is 31.0 Å². The lowest BCUT2D eigenvalue weighted by Gasteiger charge is -2.20. The molecule has 0 unspecified atom stereocenters. The largest absolute Gasteiger partial charge is 0.493 e. The molecule has 1 heterocycles. The highest BCUT2D eigenvalue weighted by Crippen LogP contribution is 2.33. The smallest absolute Gasteiger partial charge is 0.267 e. The quantitative estimate of drug-likeness (QED) is 0.548. The van der Waals surface area contributed by atoms with Crippen molar-refractivity contribution in [2.24, 2.45) is 0 Å². The number of rotatable bonds is 7. The van der Waals surface area contributed by atoms with Crippen molar-refractivity contribution >= 4 is 22.4 Å². The minimum Gasteiger partial charge on any atom is -0.493 e. The molecule has 0 aliphatic heterocycles. The number of hydrogen-bond acceptors (Lipinski definition) is 6. The van der Waals surface area contributed by atoms with Crippen LogP contribution in [0.2, 0.25) is 0 Å². The zero-order chi connectivity index (χ0) is 21.6. The average Bonchev–Trinajstić information content (AvgIpc) is 3.25. The van der Waals surface area contributed by atoms with Gasteiger partial charge in [0.1, 0.15) is 0 Å². The van der Waals surface area contributed by atoms with Gasteiger partial charge in [-0.2, -0.15) is 5.26 Å². The lowest BCUT2D eigenvalue weighted by molar-refractivity contribution is -0.120. The van der Waals surface area contributed by atoms with Crippen LogP contribution >= 0.6 is 11.3 Å². The molecule has 0 saturated heterocycles. The molecular weight excluding hydrogens is 410 g/mol. The van der Waals surface area contributed by atoms with E-state index < -0.39 is 0 Å². The molecule has 2 aromatic carbocycles. The fourth-order valence-corrected chi connectivity index (χ4v) is 4.72. The monoisotopic (exact) mass is 433 g/mol.